The number of hydrogen-bond donors (Lipinski definition) is 0. The fourth-order valence-electron chi connectivity index (χ4n) is 5.67. The van der Waals surface area contributed by atoms with Gasteiger partial charge < -0.3 is 4.74 Å². The standard InChI is InChI=1S/C17H20N2O2/c1-12(2)13(20)21-17-6-14(3)4-15(8-17,10-18)7-16(5-14,9-17)11-19/h1,4-9H2,2-3H3. The first-order chi connectivity index (χ1) is 9.69. The molecule has 2 unspecified atom stereocenters. The van der Waals surface area contributed by atoms with E-state index in [4.69, 9.17) is 4.74 Å². The van der Waals surface area contributed by atoms with Gasteiger partial charge in [-0.2, -0.15) is 10.5 Å². The van der Waals surface area contributed by atoms with Gasteiger partial charge in [0, 0.05) is 18.4 Å². The molecule has 110 valence electrons. The van der Waals surface area contributed by atoms with Gasteiger partial charge in [-0.05, 0) is 38.0 Å². The van der Waals surface area contributed by atoms with Crippen molar-refractivity contribution in [2.75, 3.05) is 0 Å². The first-order valence-electron chi connectivity index (χ1n) is 7.41. The summed E-state index contributed by atoms with van der Waals surface area (Å²) in [6, 6.07) is 4.91. The van der Waals surface area contributed by atoms with Crippen molar-refractivity contribution in [1.82, 2.24) is 0 Å². The maximum atomic E-state index is 12.0. The topological polar surface area (TPSA) is 73.9 Å². The Balaban J connectivity index is 2.04. The molecule has 2 atom stereocenters. The van der Waals surface area contributed by atoms with Gasteiger partial charge in [-0.25, -0.2) is 4.79 Å². The number of esters is 1. The highest BCUT2D eigenvalue weighted by Gasteiger charge is 2.69. The van der Waals surface area contributed by atoms with Crippen LogP contribution < -0.4 is 0 Å². The molecule has 4 rings (SSSR count). The molecule has 4 aliphatic carbocycles. The molecule has 0 saturated heterocycles. The molecule has 4 heteroatoms. The molecule has 0 aromatic heterocycles. The van der Waals surface area contributed by atoms with Crippen LogP contribution in [0.2, 0.25) is 0 Å². The molecule has 0 N–H and O–H groups in total. The summed E-state index contributed by atoms with van der Waals surface area (Å²) in [5.74, 6) is -0.401. The molecule has 0 aromatic rings. The summed E-state index contributed by atoms with van der Waals surface area (Å²) < 4.78 is 5.79. The molecule has 0 amide bonds. The lowest BCUT2D eigenvalue weighted by Gasteiger charge is -2.65. The van der Waals surface area contributed by atoms with Crippen LogP contribution in [0.1, 0.15) is 52.4 Å². The maximum Gasteiger partial charge on any atom is 0.333 e. The minimum Gasteiger partial charge on any atom is -0.456 e. The number of carbonyl (C=O) groups excluding carboxylic acids is 1. The van der Waals surface area contributed by atoms with Crippen molar-refractivity contribution in [3.8, 4) is 12.1 Å². The van der Waals surface area contributed by atoms with Gasteiger partial charge in [0.25, 0.3) is 0 Å². The molecule has 4 saturated carbocycles. The maximum absolute atomic E-state index is 12.0. The van der Waals surface area contributed by atoms with Gasteiger partial charge in [-0.15, -0.1) is 0 Å². The zero-order valence-electron chi connectivity index (χ0n) is 12.7. The van der Waals surface area contributed by atoms with Crippen molar-refractivity contribution in [2.45, 2.75) is 58.0 Å². The number of rotatable bonds is 2. The number of nitrogens with zero attached hydrogens (tertiary/aromatic N) is 2. The van der Waals surface area contributed by atoms with E-state index in [0.29, 0.717) is 24.8 Å². The summed E-state index contributed by atoms with van der Waals surface area (Å²) in [4.78, 5) is 12.0. The molecule has 4 bridgehead atoms. The Bertz CT molecular complexity index is 592. The summed E-state index contributed by atoms with van der Waals surface area (Å²) in [7, 11) is 0. The Kier molecular flexibility index (Phi) is 2.62. The van der Waals surface area contributed by atoms with E-state index in [2.05, 4.69) is 25.6 Å². The van der Waals surface area contributed by atoms with E-state index in [0.717, 1.165) is 19.3 Å². The lowest BCUT2D eigenvalue weighted by atomic mass is 9.39. The van der Waals surface area contributed by atoms with Gasteiger partial charge in [0.1, 0.15) is 5.60 Å². The SMILES string of the molecule is C=C(C)C(=O)OC12CC3(C)CC(C#N)(CC(C#N)(C3)C1)C2. The zero-order valence-corrected chi connectivity index (χ0v) is 12.7. The van der Waals surface area contributed by atoms with Crippen LogP contribution in [0.4, 0.5) is 0 Å². The molecule has 4 fully saturated rings. The summed E-state index contributed by atoms with van der Waals surface area (Å²) in [5.41, 5.74) is -1.42. The van der Waals surface area contributed by atoms with Crippen molar-refractivity contribution < 1.29 is 9.53 Å². The van der Waals surface area contributed by atoms with E-state index in [1.165, 1.54) is 0 Å². The van der Waals surface area contributed by atoms with Crippen LogP contribution in [0, 0.1) is 38.9 Å². The highest BCUT2D eigenvalue weighted by atomic mass is 16.6. The Morgan fingerprint density at radius 1 is 1.05 bits per heavy atom. The van der Waals surface area contributed by atoms with Gasteiger partial charge in [-0.1, -0.05) is 13.5 Å². The predicted octanol–water partition coefficient (Wildman–Crippen LogP) is 3.25. The fraction of sp³-hybridized carbons (Fsp3) is 0.706. The number of ether oxygens (including phenoxy) is 1. The van der Waals surface area contributed by atoms with Crippen LogP contribution in [0.5, 0.6) is 0 Å². The predicted molar refractivity (Wildman–Crippen MR) is 75.5 cm³/mol. The lowest BCUT2D eigenvalue weighted by Crippen LogP contribution is -2.64. The molecule has 0 heterocycles. The number of carbonyl (C=O) groups is 1. The quantitative estimate of drug-likeness (QED) is 0.576. The van der Waals surface area contributed by atoms with Crippen molar-refractivity contribution in [1.29, 1.82) is 10.5 Å². The smallest absolute Gasteiger partial charge is 0.333 e. The Labute approximate surface area is 125 Å². The van der Waals surface area contributed by atoms with Gasteiger partial charge in [0.05, 0.1) is 23.0 Å². The average molecular weight is 284 g/mol. The second-order valence-corrected chi connectivity index (χ2v) is 8.01. The van der Waals surface area contributed by atoms with Crippen LogP contribution in [0.25, 0.3) is 0 Å². The molecule has 4 nitrogen and oxygen atoms in total. The molecule has 0 aliphatic heterocycles. The monoisotopic (exact) mass is 284 g/mol. The molecule has 0 spiro atoms. The Morgan fingerprint density at radius 3 is 2.00 bits per heavy atom. The average Bonchev–Trinajstić information content (AvgIpc) is 2.35. The van der Waals surface area contributed by atoms with Crippen LogP contribution in [0.15, 0.2) is 12.2 Å². The molecule has 0 radical (unpaired) electrons. The van der Waals surface area contributed by atoms with Crippen molar-refractivity contribution in [2.24, 2.45) is 16.2 Å². The Morgan fingerprint density at radius 2 is 1.57 bits per heavy atom. The highest BCUT2D eigenvalue weighted by molar-refractivity contribution is 5.87. The van der Waals surface area contributed by atoms with E-state index in [1.807, 2.05) is 0 Å². The summed E-state index contributed by atoms with van der Waals surface area (Å²) >= 11 is 0. The van der Waals surface area contributed by atoms with Crippen LogP contribution >= 0.6 is 0 Å². The third-order valence-electron chi connectivity index (χ3n) is 5.41. The highest BCUT2D eigenvalue weighted by Crippen LogP contribution is 2.71. The van der Waals surface area contributed by atoms with Gasteiger partial charge in [-0.3, -0.25) is 0 Å². The van der Waals surface area contributed by atoms with E-state index in [1.54, 1.807) is 6.92 Å². The fourth-order valence-corrected chi connectivity index (χ4v) is 5.67. The second-order valence-electron chi connectivity index (χ2n) is 8.01. The molecule has 0 aromatic carbocycles. The van der Waals surface area contributed by atoms with Crippen molar-refractivity contribution in [3.63, 3.8) is 0 Å². The van der Waals surface area contributed by atoms with E-state index in [9.17, 15) is 15.3 Å². The van der Waals surface area contributed by atoms with Gasteiger partial charge in [0.2, 0.25) is 0 Å². The third-order valence-corrected chi connectivity index (χ3v) is 5.41. The minimum absolute atomic E-state index is 0.0877. The lowest BCUT2D eigenvalue weighted by molar-refractivity contribution is -0.218. The number of hydrogen-bond acceptors (Lipinski definition) is 4. The van der Waals surface area contributed by atoms with Crippen molar-refractivity contribution >= 4 is 5.97 Å². The summed E-state index contributed by atoms with van der Waals surface area (Å²) in [5, 5.41) is 19.4. The molecular weight excluding hydrogens is 264 g/mol. The second kappa shape index (κ2) is 3.89. The molecule has 4 aliphatic rings. The van der Waals surface area contributed by atoms with Crippen molar-refractivity contribution in [3.05, 3.63) is 12.2 Å². The normalized spacial score (nSPS) is 46.5. The van der Waals surface area contributed by atoms with Crippen LogP contribution in [0.3, 0.4) is 0 Å². The number of nitriles is 2. The van der Waals surface area contributed by atoms with Gasteiger partial charge >= 0.3 is 5.97 Å². The van der Waals surface area contributed by atoms with E-state index < -0.39 is 22.4 Å². The third kappa shape index (κ3) is 1.97. The van der Waals surface area contributed by atoms with Crippen LogP contribution in [-0.4, -0.2) is 11.6 Å². The van der Waals surface area contributed by atoms with E-state index >= 15 is 0 Å². The first-order valence-corrected chi connectivity index (χ1v) is 7.41. The summed E-state index contributed by atoms with van der Waals surface area (Å²) in [6.07, 6.45) is 4.13. The first kappa shape index (κ1) is 14.1. The Hall–Kier alpha value is -1.81. The summed E-state index contributed by atoms with van der Waals surface area (Å²) in [6.45, 7) is 7.40. The largest absolute Gasteiger partial charge is 0.456 e. The van der Waals surface area contributed by atoms with Crippen LogP contribution in [-0.2, 0) is 9.53 Å². The molecular formula is C17H20N2O2. The van der Waals surface area contributed by atoms with Gasteiger partial charge in [0.15, 0.2) is 0 Å². The minimum atomic E-state index is -0.662. The zero-order chi connectivity index (χ0) is 15.5. The van der Waals surface area contributed by atoms with E-state index in [-0.39, 0.29) is 5.41 Å². The molecule has 21 heavy (non-hydrogen) atoms.